The van der Waals surface area contributed by atoms with Crippen molar-refractivity contribution in [1.29, 1.82) is 0 Å². The minimum Gasteiger partial charge on any atom is -0.354 e. The number of halogens is 1. The Balaban J connectivity index is 1.79. The van der Waals surface area contributed by atoms with Gasteiger partial charge in [0.2, 0.25) is 5.91 Å². The van der Waals surface area contributed by atoms with E-state index in [1.165, 1.54) is 6.07 Å². The molecule has 1 aliphatic rings. The molecular formula is C15H21FN2O. The van der Waals surface area contributed by atoms with Gasteiger partial charge in [-0.05, 0) is 43.4 Å². The highest BCUT2D eigenvalue weighted by molar-refractivity contribution is 5.82. The summed E-state index contributed by atoms with van der Waals surface area (Å²) in [5.74, 6) is 0.187. The molecule has 1 saturated heterocycles. The van der Waals surface area contributed by atoms with Crippen LogP contribution in [-0.2, 0) is 11.2 Å². The van der Waals surface area contributed by atoms with Gasteiger partial charge in [-0.2, -0.15) is 0 Å². The van der Waals surface area contributed by atoms with Gasteiger partial charge >= 0.3 is 0 Å². The third-order valence-electron chi connectivity index (χ3n) is 3.70. The first-order valence-corrected chi connectivity index (χ1v) is 6.93. The zero-order valence-electron chi connectivity index (χ0n) is 11.3. The molecule has 4 heteroatoms. The van der Waals surface area contributed by atoms with E-state index in [1.54, 1.807) is 12.1 Å². The topological polar surface area (TPSA) is 41.1 Å². The van der Waals surface area contributed by atoms with Gasteiger partial charge in [-0.15, -0.1) is 0 Å². The molecule has 3 nitrogen and oxygen atoms in total. The molecule has 0 aliphatic carbocycles. The van der Waals surface area contributed by atoms with Gasteiger partial charge in [-0.3, -0.25) is 4.79 Å². The van der Waals surface area contributed by atoms with Gasteiger partial charge in [-0.25, -0.2) is 4.39 Å². The van der Waals surface area contributed by atoms with Gasteiger partial charge in [0, 0.05) is 6.54 Å². The standard InChI is InChI=1S/C15H21FN2O/c1-11-5-4-9-17-14(11)15(19)18-10-8-12-6-2-3-7-13(12)16/h2-3,6-7,11,14,17H,4-5,8-10H2,1H3,(H,18,19). The Labute approximate surface area is 113 Å². The third-order valence-corrected chi connectivity index (χ3v) is 3.70. The van der Waals surface area contributed by atoms with Gasteiger partial charge in [-0.1, -0.05) is 25.1 Å². The van der Waals surface area contributed by atoms with Gasteiger partial charge in [0.05, 0.1) is 6.04 Å². The first kappa shape index (κ1) is 14.0. The van der Waals surface area contributed by atoms with Crippen LogP contribution in [0.3, 0.4) is 0 Å². The van der Waals surface area contributed by atoms with Crippen LogP contribution in [0.25, 0.3) is 0 Å². The zero-order chi connectivity index (χ0) is 13.7. The second kappa shape index (κ2) is 6.66. The number of benzene rings is 1. The number of nitrogens with one attached hydrogen (secondary N) is 2. The Hall–Kier alpha value is -1.42. The van der Waals surface area contributed by atoms with E-state index in [4.69, 9.17) is 0 Å². The smallest absolute Gasteiger partial charge is 0.237 e. The average molecular weight is 264 g/mol. The van der Waals surface area contributed by atoms with Crippen LogP contribution in [0, 0.1) is 11.7 Å². The maximum absolute atomic E-state index is 13.4. The van der Waals surface area contributed by atoms with E-state index in [-0.39, 0.29) is 17.8 Å². The normalized spacial score (nSPS) is 23.1. The van der Waals surface area contributed by atoms with Crippen LogP contribution in [0.5, 0.6) is 0 Å². The molecule has 2 unspecified atom stereocenters. The highest BCUT2D eigenvalue weighted by Gasteiger charge is 2.26. The fraction of sp³-hybridized carbons (Fsp3) is 0.533. The Bertz CT molecular complexity index is 436. The molecule has 1 aliphatic heterocycles. The summed E-state index contributed by atoms with van der Waals surface area (Å²) >= 11 is 0. The summed E-state index contributed by atoms with van der Waals surface area (Å²) in [4.78, 5) is 12.0. The van der Waals surface area contributed by atoms with E-state index in [1.807, 2.05) is 6.07 Å². The van der Waals surface area contributed by atoms with Crippen molar-refractivity contribution in [3.05, 3.63) is 35.6 Å². The summed E-state index contributed by atoms with van der Waals surface area (Å²) in [6, 6.07) is 6.58. The SMILES string of the molecule is CC1CCCNC1C(=O)NCCc1ccccc1F. The molecule has 1 heterocycles. The predicted octanol–water partition coefficient (Wildman–Crippen LogP) is 1.87. The second-order valence-corrected chi connectivity index (χ2v) is 5.18. The summed E-state index contributed by atoms with van der Waals surface area (Å²) < 4.78 is 13.4. The van der Waals surface area contributed by atoms with Crippen molar-refractivity contribution in [2.24, 2.45) is 5.92 Å². The molecule has 0 saturated carbocycles. The number of amides is 1. The van der Waals surface area contributed by atoms with Gasteiger partial charge in [0.1, 0.15) is 5.82 Å². The van der Waals surface area contributed by atoms with Crippen molar-refractivity contribution in [3.63, 3.8) is 0 Å². The quantitative estimate of drug-likeness (QED) is 0.871. The molecule has 0 bridgehead atoms. The van der Waals surface area contributed by atoms with E-state index in [0.717, 1.165) is 19.4 Å². The zero-order valence-corrected chi connectivity index (χ0v) is 11.3. The number of rotatable bonds is 4. The minimum absolute atomic E-state index is 0.0311. The van der Waals surface area contributed by atoms with Crippen molar-refractivity contribution in [2.75, 3.05) is 13.1 Å². The van der Waals surface area contributed by atoms with Crippen molar-refractivity contribution in [3.8, 4) is 0 Å². The summed E-state index contributed by atoms with van der Waals surface area (Å²) in [7, 11) is 0. The van der Waals surface area contributed by atoms with Crippen LogP contribution in [0.2, 0.25) is 0 Å². The molecule has 2 N–H and O–H groups in total. The molecule has 0 radical (unpaired) electrons. The summed E-state index contributed by atoms with van der Waals surface area (Å²) in [6.45, 7) is 3.47. The predicted molar refractivity (Wildman–Crippen MR) is 73.3 cm³/mol. The fourth-order valence-corrected chi connectivity index (χ4v) is 2.53. The molecule has 1 fully saturated rings. The molecule has 0 spiro atoms. The van der Waals surface area contributed by atoms with Crippen molar-refractivity contribution in [2.45, 2.75) is 32.2 Å². The van der Waals surface area contributed by atoms with E-state index >= 15 is 0 Å². The molecule has 1 aromatic carbocycles. The van der Waals surface area contributed by atoms with Crippen LogP contribution < -0.4 is 10.6 Å². The van der Waals surface area contributed by atoms with E-state index < -0.39 is 0 Å². The van der Waals surface area contributed by atoms with Crippen LogP contribution >= 0.6 is 0 Å². The molecule has 104 valence electrons. The lowest BCUT2D eigenvalue weighted by Gasteiger charge is -2.28. The van der Waals surface area contributed by atoms with E-state index in [9.17, 15) is 9.18 Å². The lowest BCUT2D eigenvalue weighted by atomic mass is 9.92. The number of hydrogen-bond donors (Lipinski definition) is 2. The monoisotopic (exact) mass is 264 g/mol. The summed E-state index contributed by atoms with van der Waals surface area (Å²) in [5, 5.41) is 6.13. The highest BCUT2D eigenvalue weighted by atomic mass is 19.1. The summed E-state index contributed by atoms with van der Waals surface area (Å²) in [5.41, 5.74) is 0.646. The minimum atomic E-state index is -0.207. The van der Waals surface area contributed by atoms with Gasteiger partial charge in [0.25, 0.3) is 0 Å². The molecule has 19 heavy (non-hydrogen) atoms. The second-order valence-electron chi connectivity index (χ2n) is 5.18. The van der Waals surface area contributed by atoms with Crippen LogP contribution in [-0.4, -0.2) is 25.0 Å². The van der Waals surface area contributed by atoms with Crippen LogP contribution in [0.4, 0.5) is 4.39 Å². The largest absolute Gasteiger partial charge is 0.354 e. The third kappa shape index (κ3) is 3.77. The molecule has 0 aromatic heterocycles. The molecule has 2 rings (SSSR count). The first-order chi connectivity index (χ1) is 9.18. The van der Waals surface area contributed by atoms with Crippen molar-refractivity contribution >= 4 is 5.91 Å². The number of piperidine rings is 1. The number of hydrogen-bond acceptors (Lipinski definition) is 2. The van der Waals surface area contributed by atoms with Gasteiger partial charge in [0.15, 0.2) is 0 Å². The highest BCUT2D eigenvalue weighted by Crippen LogP contribution is 2.15. The maximum atomic E-state index is 13.4. The molecule has 1 amide bonds. The van der Waals surface area contributed by atoms with Crippen molar-refractivity contribution in [1.82, 2.24) is 10.6 Å². The summed E-state index contributed by atoms with van der Waals surface area (Å²) in [6.07, 6.45) is 2.73. The van der Waals surface area contributed by atoms with Crippen molar-refractivity contribution < 1.29 is 9.18 Å². The molecular weight excluding hydrogens is 243 g/mol. The lowest BCUT2D eigenvalue weighted by molar-refractivity contribution is -0.124. The average Bonchev–Trinajstić information content (AvgIpc) is 2.41. The fourth-order valence-electron chi connectivity index (χ4n) is 2.53. The van der Waals surface area contributed by atoms with Gasteiger partial charge < -0.3 is 10.6 Å². The van der Waals surface area contributed by atoms with E-state index in [0.29, 0.717) is 24.4 Å². The number of carbonyl (C=O) groups excluding carboxylic acids is 1. The van der Waals surface area contributed by atoms with E-state index in [2.05, 4.69) is 17.6 Å². The number of carbonyl (C=O) groups is 1. The molecule has 1 aromatic rings. The Morgan fingerprint density at radius 3 is 3.00 bits per heavy atom. The first-order valence-electron chi connectivity index (χ1n) is 6.93. The molecule has 2 atom stereocenters. The Morgan fingerprint density at radius 2 is 2.26 bits per heavy atom. The lowest BCUT2D eigenvalue weighted by Crippen LogP contribution is -2.51. The van der Waals surface area contributed by atoms with Crippen LogP contribution in [0.1, 0.15) is 25.3 Å². The maximum Gasteiger partial charge on any atom is 0.237 e. The Kier molecular flexibility index (Phi) is 4.91. The van der Waals surface area contributed by atoms with Crippen LogP contribution in [0.15, 0.2) is 24.3 Å². The Morgan fingerprint density at radius 1 is 1.47 bits per heavy atom.